The molecule has 0 aromatic heterocycles. The molecule has 0 bridgehead atoms. The summed E-state index contributed by atoms with van der Waals surface area (Å²) < 4.78 is 13.2. The minimum atomic E-state index is -0.704. The van der Waals surface area contributed by atoms with Crippen LogP contribution in [0, 0.1) is 5.82 Å². The Morgan fingerprint density at radius 2 is 1.61 bits per heavy atom. The average Bonchev–Trinajstić information content (AvgIpc) is 2.82. The number of rotatable bonds is 10. The van der Waals surface area contributed by atoms with Crippen molar-refractivity contribution < 1.29 is 14.0 Å². The van der Waals surface area contributed by atoms with Gasteiger partial charge in [-0.15, -0.1) is 11.8 Å². The van der Waals surface area contributed by atoms with Crippen LogP contribution in [0.1, 0.15) is 37.5 Å². The molecule has 4 nitrogen and oxygen atoms in total. The highest BCUT2D eigenvalue weighted by Gasteiger charge is 2.32. The van der Waals surface area contributed by atoms with Gasteiger partial charge in [0.05, 0.1) is 5.75 Å². The third kappa shape index (κ3) is 8.99. The largest absolute Gasteiger partial charge is 0.350 e. The molecule has 0 aliphatic carbocycles. The Kier molecular flexibility index (Phi) is 9.97. The minimum absolute atomic E-state index is 0.146. The Labute approximate surface area is 222 Å². The summed E-state index contributed by atoms with van der Waals surface area (Å²) in [5.74, 6) is 0.110. The molecule has 0 saturated carbocycles. The predicted octanol–water partition coefficient (Wildman–Crippen LogP) is 6.27. The molecule has 0 aliphatic rings. The second kappa shape index (κ2) is 12.9. The van der Waals surface area contributed by atoms with Gasteiger partial charge in [0.1, 0.15) is 11.9 Å². The molecule has 2 amide bonds. The smallest absolute Gasteiger partial charge is 0.243 e. The molecule has 0 heterocycles. The number of halogens is 2. The van der Waals surface area contributed by atoms with E-state index in [4.69, 9.17) is 11.6 Å². The van der Waals surface area contributed by atoms with Crippen LogP contribution in [-0.4, -0.2) is 34.0 Å². The lowest BCUT2D eigenvalue weighted by Crippen LogP contribution is -2.54. The van der Waals surface area contributed by atoms with Crippen molar-refractivity contribution in [2.45, 2.75) is 51.1 Å². The van der Waals surface area contributed by atoms with Crippen molar-refractivity contribution >= 4 is 35.2 Å². The Hall–Kier alpha value is -2.83. The fourth-order valence-electron chi connectivity index (χ4n) is 3.76. The summed E-state index contributed by atoms with van der Waals surface area (Å²) in [7, 11) is 0. The Balaban J connectivity index is 1.86. The maximum Gasteiger partial charge on any atom is 0.243 e. The van der Waals surface area contributed by atoms with Crippen LogP contribution in [0.2, 0.25) is 5.02 Å². The summed E-state index contributed by atoms with van der Waals surface area (Å²) in [4.78, 5) is 28.8. The van der Waals surface area contributed by atoms with E-state index in [1.165, 1.54) is 23.9 Å². The average molecular weight is 527 g/mol. The van der Waals surface area contributed by atoms with Crippen LogP contribution in [0.4, 0.5) is 4.39 Å². The molecule has 0 fully saturated rings. The third-order valence-electron chi connectivity index (χ3n) is 5.42. The van der Waals surface area contributed by atoms with Crippen LogP contribution in [0.5, 0.6) is 0 Å². The molecule has 3 aromatic rings. The van der Waals surface area contributed by atoms with Crippen molar-refractivity contribution in [3.05, 3.63) is 106 Å². The first-order valence-corrected chi connectivity index (χ1v) is 13.4. The number of carbonyl (C=O) groups excluding carboxylic acids is 2. The van der Waals surface area contributed by atoms with Gasteiger partial charge in [0.2, 0.25) is 11.8 Å². The van der Waals surface area contributed by atoms with Gasteiger partial charge >= 0.3 is 0 Å². The quantitative estimate of drug-likeness (QED) is 0.339. The van der Waals surface area contributed by atoms with Crippen LogP contribution < -0.4 is 5.32 Å². The fraction of sp³-hybridized carbons (Fsp3) is 0.310. The van der Waals surface area contributed by atoms with Crippen LogP contribution in [0.3, 0.4) is 0 Å². The van der Waals surface area contributed by atoms with Gasteiger partial charge in [-0.05, 0) is 61.7 Å². The SMILES string of the molecule is CC(C)(C)NC(=O)[C@@H](Cc1ccccc1)N(Cc1cccc(Cl)c1)C(=O)CSCc1ccc(F)cc1. The van der Waals surface area contributed by atoms with E-state index in [2.05, 4.69) is 5.32 Å². The van der Waals surface area contributed by atoms with Gasteiger partial charge in [-0.2, -0.15) is 0 Å². The molecule has 0 unspecified atom stereocenters. The fourth-order valence-corrected chi connectivity index (χ4v) is 4.84. The normalized spacial score (nSPS) is 12.1. The highest BCUT2D eigenvalue weighted by molar-refractivity contribution is 7.99. The first kappa shape index (κ1) is 27.8. The van der Waals surface area contributed by atoms with E-state index in [0.717, 1.165) is 16.7 Å². The summed E-state index contributed by atoms with van der Waals surface area (Å²) >= 11 is 7.66. The summed E-state index contributed by atoms with van der Waals surface area (Å²) in [5, 5.41) is 3.63. The number of benzene rings is 3. The van der Waals surface area contributed by atoms with Crippen molar-refractivity contribution in [3.8, 4) is 0 Å². The van der Waals surface area contributed by atoms with E-state index in [1.807, 2.05) is 69.3 Å². The van der Waals surface area contributed by atoms with E-state index < -0.39 is 11.6 Å². The van der Waals surface area contributed by atoms with Gasteiger partial charge < -0.3 is 10.2 Å². The Morgan fingerprint density at radius 1 is 0.944 bits per heavy atom. The van der Waals surface area contributed by atoms with Gasteiger partial charge in [-0.1, -0.05) is 66.2 Å². The van der Waals surface area contributed by atoms with Crippen LogP contribution in [-0.2, 0) is 28.3 Å². The second-order valence-corrected chi connectivity index (χ2v) is 11.1. The summed E-state index contributed by atoms with van der Waals surface area (Å²) in [6.45, 7) is 6.02. The number of hydrogen-bond acceptors (Lipinski definition) is 3. The van der Waals surface area contributed by atoms with Gasteiger partial charge in [-0.3, -0.25) is 9.59 Å². The van der Waals surface area contributed by atoms with Gasteiger partial charge in [0, 0.05) is 29.3 Å². The highest BCUT2D eigenvalue weighted by atomic mass is 35.5. The lowest BCUT2D eigenvalue weighted by molar-refractivity contribution is -0.140. The lowest BCUT2D eigenvalue weighted by atomic mass is 10.0. The van der Waals surface area contributed by atoms with Crippen LogP contribution in [0.25, 0.3) is 0 Å². The molecule has 190 valence electrons. The van der Waals surface area contributed by atoms with Crippen molar-refractivity contribution in [1.29, 1.82) is 0 Å². The number of nitrogens with one attached hydrogen (secondary N) is 1. The Morgan fingerprint density at radius 3 is 2.25 bits per heavy atom. The second-order valence-electron chi connectivity index (χ2n) is 9.72. The molecule has 0 aliphatic heterocycles. The van der Waals surface area contributed by atoms with Crippen molar-refractivity contribution in [2.24, 2.45) is 0 Å². The molecule has 0 radical (unpaired) electrons. The topological polar surface area (TPSA) is 49.4 Å². The zero-order valence-electron chi connectivity index (χ0n) is 20.8. The zero-order valence-corrected chi connectivity index (χ0v) is 22.4. The molecule has 0 saturated heterocycles. The number of thioether (sulfide) groups is 1. The first-order valence-electron chi connectivity index (χ1n) is 11.8. The van der Waals surface area contributed by atoms with Crippen molar-refractivity contribution in [2.75, 3.05) is 5.75 Å². The molecule has 3 aromatic carbocycles. The van der Waals surface area contributed by atoms with E-state index in [9.17, 15) is 14.0 Å². The number of carbonyl (C=O) groups is 2. The third-order valence-corrected chi connectivity index (χ3v) is 6.64. The maximum absolute atomic E-state index is 13.6. The molecule has 0 spiro atoms. The van der Waals surface area contributed by atoms with E-state index in [1.54, 1.807) is 23.1 Å². The molecule has 1 N–H and O–H groups in total. The van der Waals surface area contributed by atoms with Crippen LogP contribution >= 0.6 is 23.4 Å². The standard InChI is InChI=1S/C29H32ClFN2O2S/c1-29(2,3)32-28(35)26(17-21-8-5-4-6-9-21)33(18-23-10-7-11-24(30)16-23)27(34)20-36-19-22-12-14-25(31)15-13-22/h4-16,26H,17-20H2,1-3H3,(H,32,35)/t26-/m1/s1. The molecule has 3 rings (SSSR count). The van der Waals surface area contributed by atoms with E-state index in [-0.39, 0.29) is 29.9 Å². The number of nitrogens with zero attached hydrogens (tertiary/aromatic N) is 1. The molecule has 7 heteroatoms. The molecular formula is C29H32ClFN2O2S. The van der Waals surface area contributed by atoms with Gasteiger partial charge in [0.15, 0.2) is 0 Å². The van der Waals surface area contributed by atoms with Crippen LogP contribution in [0.15, 0.2) is 78.9 Å². The van der Waals surface area contributed by atoms with Gasteiger partial charge in [-0.25, -0.2) is 4.39 Å². The highest BCUT2D eigenvalue weighted by Crippen LogP contribution is 2.20. The lowest BCUT2D eigenvalue weighted by Gasteiger charge is -2.34. The number of hydrogen-bond donors (Lipinski definition) is 1. The zero-order chi connectivity index (χ0) is 26.1. The summed E-state index contributed by atoms with van der Waals surface area (Å²) in [6, 6.07) is 22.6. The van der Waals surface area contributed by atoms with Crippen molar-refractivity contribution in [1.82, 2.24) is 10.2 Å². The van der Waals surface area contributed by atoms with E-state index >= 15 is 0 Å². The van der Waals surface area contributed by atoms with E-state index in [0.29, 0.717) is 17.2 Å². The number of amides is 2. The summed E-state index contributed by atoms with van der Waals surface area (Å²) in [5.41, 5.74) is 2.30. The molecular weight excluding hydrogens is 495 g/mol. The molecule has 1 atom stereocenters. The summed E-state index contributed by atoms with van der Waals surface area (Å²) in [6.07, 6.45) is 0.387. The van der Waals surface area contributed by atoms with Gasteiger partial charge in [0.25, 0.3) is 0 Å². The monoisotopic (exact) mass is 526 g/mol. The first-order chi connectivity index (χ1) is 17.1. The molecule has 36 heavy (non-hydrogen) atoms. The minimum Gasteiger partial charge on any atom is -0.350 e. The maximum atomic E-state index is 13.6. The Bertz CT molecular complexity index is 1150. The van der Waals surface area contributed by atoms with Crippen molar-refractivity contribution in [3.63, 3.8) is 0 Å². The predicted molar refractivity (Wildman–Crippen MR) is 146 cm³/mol.